The highest BCUT2D eigenvalue weighted by Crippen LogP contribution is 2.30. The van der Waals surface area contributed by atoms with E-state index >= 15 is 0 Å². The van der Waals surface area contributed by atoms with Gasteiger partial charge >= 0.3 is 0 Å². The third-order valence-corrected chi connectivity index (χ3v) is 6.86. The van der Waals surface area contributed by atoms with Gasteiger partial charge in [0.1, 0.15) is 5.82 Å². The normalized spacial score (nSPS) is 16.7. The van der Waals surface area contributed by atoms with Gasteiger partial charge in [-0.15, -0.1) is 11.3 Å². The summed E-state index contributed by atoms with van der Waals surface area (Å²) in [5.74, 6) is 1.17. The molecule has 4 heterocycles. The fraction of sp³-hybridized carbons (Fsp3) is 0.417. The number of aromatic nitrogens is 3. The molecule has 1 amide bonds. The molecule has 0 aromatic carbocycles. The number of anilines is 1. The Bertz CT molecular complexity index is 1120. The Morgan fingerprint density at radius 1 is 1.42 bits per heavy atom. The second-order valence-electron chi connectivity index (χ2n) is 7.47. The molecule has 176 valence electrons. The van der Waals surface area contributed by atoms with Crippen LogP contribution in [0.15, 0.2) is 50.9 Å². The van der Waals surface area contributed by atoms with Gasteiger partial charge < -0.3 is 10.2 Å². The van der Waals surface area contributed by atoms with E-state index in [-0.39, 0.29) is 11.8 Å². The van der Waals surface area contributed by atoms with E-state index < -0.39 is 0 Å². The van der Waals surface area contributed by atoms with Crippen LogP contribution in [0.1, 0.15) is 54.9 Å². The largest absolute Gasteiger partial charge is 0.366 e. The van der Waals surface area contributed by atoms with Gasteiger partial charge in [0.15, 0.2) is 5.65 Å². The maximum Gasteiger partial charge on any atom is 0.263 e. The highest BCUT2D eigenvalue weighted by molar-refractivity contribution is 9.10. The molecule has 1 atom stereocenters. The van der Waals surface area contributed by atoms with Crippen LogP contribution in [0.5, 0.6) is 0 Å². The fourth-order valence-electron chi connectivity index (χ4n) is 3.83. The van der Waals surface area contributed by atoms with Crippen LogP contribution < -0.4 is 5.32 Å². The number of likely N-dealkylation sites (tertiary alicyclic amines) is 1. The molecule has 1 N–H and O–H groups in total. The fourth-order valence-corrected chi connectivity index (χ4v) is 4.87. The van der Waals surface area contributed by atoms with E-state index in [1.807, 2.05) is 55.5 Å². The van der Waals surface area contributed by atoms with Crippen molar-refractivity contribution in [2.24, 2.45) is 4.99 Å². The minimum absolute atomic E-state index is 0.112. The number of amides is 1. The Labute approximate surface area is 207 Å². The van der Waals surface area contributed by atoms with Gasteiger partial charge in [-0.25, -0.2) is 4.98 Å². The molecule has 0 saturated carbocycles. The summed E-state index contributed by atoms with van der Waals surface area (Å²) >= 11 is 5.06. The molecule has 3 aromatic heterocycles. The van der Waals surface area contributed by atoms with Crippen LogP contribution in [0.3, 0.4) is 0 Å². The number of piperidine rings is 1. The summed E-state index contributed by atoms with van der Waals surface area (Å²) in [5.41, 5.74) is 2.84. The lowest BCUT2D eigenvalue weighted by atomic mass is 9.94. The Morgan fingerprint density at radius 2 is 2.24 bits per heavy atom. The van der Waals surface area contributed by atoms with Crippen LogP contribution in [-0.4, -0.2) is 58.3 Å². The zero-order valence-corrected chi connectivity index (χ0v) is 22.0. The van der Waals surface area contributed by atoms with Gasteiger partial charge in [0.05, 0.1) is 21.2 Å². The first-order valence-electron chi connectivity index (χ1n) is 11.3. The van der Waals surface area contributed by atoms with Gasteiger partial charge in [-0.1, -0.05) is 26.0 Å². The zero-order chi connectivity index (χ0) is 23.8. The minimum atomic E-state index is 0.112. The van der Waals surface area contributed by atoms with Crippen molar-refractivity contribution >= 4 is 50.9 Å². The number of carbonyl (C=O) groups excluding carboxylic acids is 1. The Morgan fingerprint density at radius 3 is 2.94 bits per heavy atom. The summed E-state index contributed by atoms with van der Waals surface area (Å²) in [6.45, 7) is 8.10. The van der Waals surface area contributed by atoms with Crippen LogP contribution in [0.2, 0.25) is 0 Å². The first kappa shape index (κ1) is 25.1. The number of fused-ring (bicyclic) bond motifs is 1. The molecule has 1 saturated heterocycles. The first-order chi connectivity index (χ1) is 16.1. The molecule has 7 nitrogen and oxygen atoms in total. The van der Waals surface area contributed by atoms with Gasteiger partial charge in [0.2, 0.25) is 0 Å². The van der Waals surface area contributed by atoms with Crippen LogP contribution in [0, 0.1) is 0 Å². The molecular formula is C24H31BrN6OS. The number of carbonyl (C=O) groups is 1. The van der Waals surface area contributed by atoms with Crippen molar-refractivity contribution in [1.82, 2.24) is 19.5 Å². The maximum atomic E-state index is 12.9. The number of aliphatic imine (C=N–C) groups is 1. The van der Waals surface area contributed by atoms with Crippen LogP contribution in [0.4, 0.5) is 5.82 Å². The highest BCUT2D eigenvalue weighted by Gasteiger charge is 2.27. The topological polar surface area (TPSA) is 74.9 Å². The van der Waals surface area contributed by atoms with Crippen molar-refractivity contribution < 1.29 is 4.79 Å². The van der Waals surface area contributed by atoms with Crippen LogP contribution in [0.25, 0.3) is 5.65 Å². The predicted octanol–water partition coefficient (Wildman–Crippen LogP) is 5.66. The molecule has 3 aromatic rings. The maximum absolute atomic E-state index is 12.9. The average molecular weight is 532 g/mol. The Kier molecular flexibility index (Phi) is 9.20. The third-order valence-electron chi connectivity index (χ3n) is 5.45. The predicted molar refractivity (Wildman–Crippen MR) is 141 cm³/mol. The monoisotopic (exact) mass is 530 g/mol. The standard InChI is InChI=1S/C22H25BrN6OS.C2H6/c1-3-15(11-24-2)12-25-20-10-18(27-21-17(23)13-26-29(20)21)16-6-4-8-28(14-16)22(30)19-7-5-9-31-19;1-2/h3,5,7,9-11,13,16,25H,4,6,8,12,14H2,1-2H3;1-2H3/b15-3+,24-11?;. The number of thiophene rings is 1. The van der Waals surface area contributed by atoms with Crippen LogP contribution in [-0.2, 0) is 0 Å². The lowest BCUT2D eigenvalue weighted by Crippen LogP contribution is -2.39. The van der Waals surface area contributed by atoms with E-state index in [0.29, 0.717) is 13.1 Å². The van der Waals surface area contributed by atoms with Crippen molar-refractivity contribution in [2.75, 3.05) is 32.0 Å². The summed E-state index contributed by atoms with van der Waals surface area (Å²) in [7, 11) is 1.77. The van der Waals surface area contributed by atoms with Crippen molar-refractivity contribution in [3.05, 3.63) is 56.5 Å². The van der Waals surface area contributed by atoms with Gasteiger partial charge in [-0.3, -0.25) is 9.79 Å². The lowest BCUT2D eigenvalue weighted by Gasteiger charge is -2.32. The highest BCUT2D eigenvalue weighted by atomic mass is 79.9. The SMILES string of the molecule is C/C=C(\C=NC)CNc1cc(C2CCCN(C(=O)c3cccs3)C2)nc2c(Br)cnn12.CC. The van der Waals surface area contributed by atoms with E-state index in [0.717, 1.165) is 51.5 Å². The second kappa shape index (κ2) is 12.1. The van der Waals surface area contributed by atoms with E-state index in [4.69, 9.17) is 4.98 Å². The quantitative estimate of drug-likeness (QED) is 0.417. The summed E-state index contributed by atoms with van der Waals surface area (Å²) in [5, 5.41) is 9.88. The zero-order valence-electron chi connectivity index (χ0n) is 19.6. The molecule has 1 aliphatic heterocycles. The average Bonchev–Trinajstić information content (AvgIpc) is 3.53. The van der Waals surface area contributed by atoms with Gasteiger partial charge in [0.25, 0.3) is 5.91 Å². The third kappa shape index (κ3) is 5.89. The minimum Gasteiger partial charge on any atom is -0.366 e. The van der Waals surface area contributed by atoms with Crippen molar-refractivity contribution in [3.63, 3.8) is 0 Å². The van der Waals surface area contributed by atoms with Gasteiger partial charge in [-0.2, -0.15) is 9.61 Å². The van der Waals surface area contributed by atoms with E-state index in [1.165, 1.54) is 11.3 Å². The molecule has 1 fully saturated rings. The Hall–Kier alpha value is -2.52. The number of rotatable bonds is 6. The lowest BCUT2D eigenvalue weighted by molar-refractivity contribution is 0.0711. The molecule has 0 radical (unpaired) electrons. The molecule has 0 spiro atoms. The summed E-state index contributed by atoms with van der Waals surface area (Å²) in [6, 6.07) is 5.88. The molecule has 9 heteroatoms. The van der Waals surface area contributed by atoms with Crippen molar-refractivity contribution in [2.45, 2.75) is 39.5 Å². The summed E-state index contributed by atoms with van der Waals surface area (Å²) < 4.78 is 2.66. The molecule has 0 aliphatic carbocycles. The first-order valence-corrected chi connectivity index (χ1v) is 13.0. The molecule has 1 unspecified atom stereocenters. The number of hydrogen-bond donors (Lipinski definition) is 1. The van der Waals surface area contributed by atoms with Crippen LogP contribution >= 0.6 is 27.3 Å². The molecule has 4 rings (SSSR count). The number of hydrogen-bond acceptors (Lipinski definition) is 6. The van der Waals surface area contributed by atoms with Gasteiger partial charge in [-0.05, 0) is 52.7 Å². The number of allylic oxidation sites excluding steroid dienone is 1. The Balaban J connectivity index is 0.00000149. The summed E-state index contributed by atoms with van der Waals surface area (Å²) in [6.07, 6.45) is 7.61. The molecule has 0 bridgehead atoms. The number of nitrogens with one attached hydrogen (secondary N) is 1. The van der Waals surface area contributed by atoms with Gasteiger partial charge in [0, 0.05) is 44.9 Å². The molecule has 1 aliphatic rings. The molecule has 33 heavy (non-hydrogen) atoms. The van der Waals surface area contributed by atoms with Crippen molar-refractivity contribution in [1.29, 1.82) is 0 Å². The van der Waals surface area contributed by atoms with E-state index in [2.05, 4.69) is 37.4 Å². The smallest absolute Gasteiger partial charge is 0.263 e. The second-order valence-corrected chi connectivity index (χ2v) is 9.27. The molecular weight excluding hydrogens is 500 g/mol. The van der Waals surface area contributed by atoms with Crippen molar-refractivity contribution in [3.8, 4) is 0 Å². The number of nitrogens with zero attached hydrogens (tertiary/aromatic N) is 5. The van der Waals surface area contributed by atoms with E-state index in [9.17, 15) is 4.79 Å². The van der Waals surface area contributed by atoms with E-state index in [1.54, 1.807) is 17.8 Å². The summed E-state index contributed by atoms with van der Waals surface area (Å²) in [4.78, 5) is 24.6. The number of halogens is 1.